The van der Waals surface area contributed by atoms with Crippen LogP contribution in [0.2, 0.25) is 0 Å². The number of carbonyl (C=O) groups is 2. The summed E-state index contributed by atoms with van der Waals surface area (Å²) in [5, 5.41) is 0.787. The number of carbonyl (C=O) groups excluding carboxylic acids is 2. The van der Waals surface area contributed by atoms with Gasteiger partial charge in [0.15, 0.2) is 0 Å². The largest absolute Gasteiger partial charge is 0.423 e. The molecule has 3 aromatic rings. The zero-order chi connectivity index (χ0) is 19.7. The van der Waals surface area contributed by atoms with Gasteiger partial charge in [0.1, 0.15) is 11.3 Å². The number of anilines is 1. The minimum absolute atomic E-state index is 0.106. The van der Waals surface area contributed by atoms with Crippen LogP contribution in [0.5, 0.6) is 5.75 Å². The van der Waals surface area contributed by atoms with Gasteiger partial charge in [-0.05, 0) is 61.7 Å². The van der Waals surface area contributed by atoms with E-state index < -0.39 is 11.6 Å². The van der Waals surface area contributed by atoms with Crippen LogP contribution in [0.15, 0.2) is 57.7 Å². The Balaban J connectivity index is 1.52. The van der Waals surface area contributed by atoms with E-state index >= 15 is 0 Å². The number of esters is 1. The molecule has 1 aliphatic rings. The van der Waals surface area contributed by atoms with Crippen LogP contribution < -0.4 is 15.3 Å². The van der Waals surface area contributed by atoms with E-state index in [0.717, 1.165) is 29.5 Å². The fraction of sp³-hybridized carbons (Fsp3) is 0.227. The van der Waals surface area contributed by atoms with E-state index in [-0.39, 0.29) is 5.91 Å². The predicted octanol–water partition coefficient (Wildman–Crippen LogP) is 3.84. The van der Waals surface area contributed by atoms with Crippen molar-refractivity contribution in [2.75, 3.05) is 11.4 Å². The lowest BCUT2D eigenvalue weighted by Crippen LogP contribution is -2.35. The van der Waals surface area contributed by atoms with Crippen LogP contribution in [-0.2, 0) is 4.79 Å². The first-order valence-electron chi connectivity index (χ1n) is 9.18. The molecular weight excluding hydrogens is 358 g/mol. The number of nitrogens with zero attached hydrogens (tertiary/aromatic N) is 1. The molecule has 0 atom stereocenters. The molecule has 0 aliphatic carbocycles. The molecule has 6 nitrogen and oxygen atoms in total. The van der Waals surface area contributed by atoms with Crippen LogP contribution in [0.3, 0.4) is 0 Å². The van der Waals surface area contributed by atoms with Crippen molar-refractivity contribution in [2.24, 2.45) is 0 Å². The molecule has 1 saturated heterocycles. The van der Waals surface area contributed by atoms with Crippen molar-refractivity contribution in [1.82, 2.24) is 0 Å². The molecule has 28 heavy (non-hydrogen) atoms. The number of hydrogen-bond acceptors (Lipinski definition) is 5. The molecule has 0 radical (unpaired) electrons. The van der Waals surface area contributed by atoms with Crippen LogP contribution in [0, 0.1) is 6.92 Å². The van der Waals surface area contributed by atoms with Crippen LogP contribution in [-0.4, -0.2) is 18.4 Å². The standard InChI is InChI=1S/C22H19NO5/c1-14-12-21(25)28-19-13-17(9-10-18(14)19)27-22(26)15-5-7-16(8-6-15)23-11-3-2-4-20(23)24/h5-10,12-13H,2-4,11H2,1H3. The summed E-state index contributed by atoms with van der Waals surface area (Å²) in [5.41, 5.74) is 1.88. The van der Waals surface area contributed by atoms with Crippen molar-refractivity contribution < 1.29 is 18.7 Å². The molecule has 6 heteroatoms. The summed E-state index contributed by atoms with van der Waals surface area (Å²) in [6.07, 6.45) is 2.46. The lowest BCUT2D eigenvalue weighted by molar-refractivity contribution is -0.119. The van der Waals surface area contributed by atoms with E-state index in [1.807, 2.05) is 6.92 Å². The summed E-state index contributed by atoms with van der Waals surface area (Å²) in [5.74, 6) is -0.123. The maximum Gasteiger partial charge on any atom is 0.343 e. The van der Waals surface area contributed by atoms with Gasteiger partial charge in [0.25, 0.3) is 0 Å². The number of ether oxygens (including phenoxy) is 1. The average molecular weight is 377 g/mol. The molecule has 1 amide bonds. The number of benzene rings is 2. The van der Waals surface area contributed by atoms with Crippen molar-refractivity contribution in [1.29, 1.82) is 0 Å². The van der Waals surface area contributed by atoms with Crippen molar-refractivity contribution in [3.63, 3.8) is 0 Å². The Kier molecular flexibility index (Phi) is 4.69. The summed E-state index contributed by atoms with van der Waals surface area (Å²) in [6.45, 7) is 2.52. The molecule has 0 bridgehead atoms. The highest BCUT2D eigenvalue weighted by Crippen LogP contribution is 2.24. The van der Waals surface area contributed by atoms with Crippen LogP contribution in [0.1, 0.15) is 35.2 Å². The average Bonchev–Trinajstić information content (AvgIpc) is 2.68. The number of piperidine rings is 1. The molecule has 0 unspecified atom stereocenters. The van der Waals surface area contributed by atoms with Gasteiger partial charge in [0.2, 0.25) is 5.91 Å². The molecule has 0 spiro atoms. The zero-order valence-corrected chi connectivity index (χ0v) is 15.4. The Morgan fingerprint density at radius 2 is 1.82 bits per heavy atom. The molecule has 142 valence electrons. The lowest BCUT2D eigenvalue weighted by atomic mass is 10.1. The molecule has 0 saturated carbocycles. The molecule has 0 N–H and O–H groups in total. The Bertz CT molecular complexity index is 1110. The van der Waals surface area contributed by atoms with Gasteiger partial charge in [-0.3, -0.25) is 4.79 Å². The molecule has 2 aromatic carbocycles. The van der Waals surface area contributed by atoms with E-state index in [2.05, 4.69) is 0 Å². The van der Waals surface area contributed by atoms with E-state index in [0.29, 0.717) is 29.9 Å². The second-order valence-electron chi connectivity index (χ2n) is 6.85. The normalized spacial score (nSPS) is 14.3. The first kappa shape index (κ1) is 18.0. The third-order valence-corrected chi connectivity index (χ3v) is 4.87. The van der Waals surface area contributed by atoms with Crippen molar-refractivity contribution >= 4 is 28.5 Å². The van der Waals surface area contributed by atoms with E-state index in [1.165, 1.54) is 12.1 Å². The maximum atomic E-state index is 12.4. The van der Waals surface area contributed by atoms with Crippen molar-refractivity contribution in [3.05, 3.63) is 70.1 Å². The molecule has 1 aromatic heterocycles. The maximum absolute atomic E-state index is 12.4. The number of rotatable bonds is 3. The Morgan fingerprint density at radius 3 is 2.57 bits per heavy atom. The molecule has 2 heterocycles. The van der Waals surface area contributed by atoms with Crippen molar-refractivity contribution in [2.45, 2.75) is 26.2 Å². The fourth-order valence-electron chi connectivity index (χ4n) is 3.39. The quantitative estimate of drug-likeness (QED) is 0.394. The van der Waals surface area contributed by atoms with E-state index in [4.69, 9.17) is 9.15 Å². The monoisotopic (exact) mass is 377 g/mol. The summed E-state index contributed by atoms with van der Waals surface area (Å²) in [6, 6.07) is 13.2. The predicted molar refractivity (Wildman–Crippen MR) is 105 cm³/mol. The third kappa shape index (κ3) is 3.53. The zero-order valence-electron chi connectivity index (χ0n) is 15.4. The van der Waals surface area contributed by atoms with Gasteiger partial charge in [-0.15, -0.1) is 0 Å². The highest BCUT2D eigenvalue weighted by atomic mass is 16.5. The molecule has 1 aliphatic heterocycles. The smallest absolute Gasteiger partial charge is 0.343 e. The second-order valence-corrected chi connectivity index (χ2v) is 6.85. The Hall–Kier alpha value is -3.41. The minimum atomic E-state index is -0.522. The molecular formula is C22H19NO5. The first-order valence-corrected chi connectivity index (χ1v) is 9.18. The summed E-state index contributed by atoms with van der Waals surface area (Å²) < 4.78 is 10.6. The van der Waals surface area contributed by atoms with Crippen molar-refractivity contribution in [3.8, 4) is 5.75 Å². The van der Waals surface area contributed by atoms with Crippen LogP contribution in [0.25, 0.3) is 11.0 Å². The summed E-state index contributed by atoms with van der Waals surface area (Å²) in [4.78, 5) is 37.7. The summed E-state index contributed by atoms with van der Waals surface area (Å²) in [7, 11) is 0. The SMILES string of the molecule is Cc1cc(=O)oc2cc(OC(=O)c3ccc(N4CCCCC4=O)cc3)ccc12. The highest BCUT2D eigenvalue weighted by Gasteiger charge is 2.20. The summed E-state index contributed by atoms with van der Waals surface area (Å²) >= 11 is 0. The van der Waals surface area contributed by atoms with Gasteiger partial charge < -0.3 is 14.1 Å². The number of hydrogen-bond donors (Lipinski definition) is 0. The Morgan fingerprint density at radius 1 is 1.04 bits per heavy atom. The van der Waals surface area contributed by atoms with E-state index in [1.54, 1.807) is 41.3 Å². The van der Waals surface area contributed by atoms with Gasteiger partial charge in [0.05, 0.1) is 5.56 Å². The Labute approximate surface area is 161 Å². The van der Waals surface area contributed by atoms with Gasteiger partial charge in [-0.25, -0.2) is 9.59 Å². The topological polar surface area (TPSA) is 76.8 Å². The van der Waals surface area contributed by atoms with Crippen LogP contribution in [0.4, 0.5) is 5.69 Å². The second kappa shape index (κ2) is 7.31. The first-order chi connectivity index (χ1) is 13.5. The number of aryl methyl sites for hydroxylation is 1. The van der Waals surface area contributed by atoms with Crippen LogP contribution >= 0.6 is 0 Å². The molecule has 1 fully saturated rings. The minimum Gasteiger partial charge on any atom is -0.423 e. The highest BCUT2D eigenvalue weighted by molar-refractivity contribution is 5.96. The number of amides is 1. The van der Waals surface area contributed by atoms with Gasteiger partial charge in [-0.2, -0.15) is 0 Å². The van der Waals surface area contributed by atoms with Gasteiger partial charge in [0, 0.05) is 36.2 Å². The third-order valence-electron chi connectivity index (χ3n) is 4.87. The van der Waals surface area contributed by atoms with Gasteiger partial charge in [-0.1, -0.05) is 0 Å². The fourth-order valence-corrected chi connectivity index (χ4v) is 3.39. The molecule has 4 rings (SSSR count). The lowest BCUT2D eigenvalue weighted by Gasteiger charge is -2.26. The van der Waals surface area contributed by atoms with E-state index in [9.17, 15) is 14.4 Å². The van der Waals surface area contributed by atoms with Gasteiger partial charge >= 0.3 is 11.6 Å². The number of fused-ring (bicyclic) bond motifs is 1.